The van der Waals surface area contributed by atoms with E-state index in [0.717, 1.165) is 48.3 Å². The molecular weight excluding hydrogens is 433 g/mol. The zero-order chi connectivity index (χ0) is 23.7. The zero-order valence-corrected chi connectivity index (χ0v) is 19.6. The Kier molecular flexibility index (Phi) is 6.78. The lowest BCUT2D eigenvalue weighted by atomic mass is 9.77. The summed E-state index contributed by atoms with van der Waals surface area (Å²) in [6.07, 6.45) is 6.30. The molecule has 1 saturated carbocycles. The van der Waals surface area contributed by atoms with Crippen LogP contribution in [0, 0.1) is 23.4 Å². The van der Waals surface area contributed by atoms with Gasteiger partial charge in [-0.15, -0.1) is 0 Å². The molecule has 0 bridgehead atoms. The fraction of sp³-hybridized carbons (Fsp3) is 0.400. The first-order valence-corrected chi connectivity index (χ1v) is 12.5. The van der Waals surface area contributed by atoms with Crippen molar-refractivity contribution in [2.75, 3.05) is 6.61 Å². The summed E-state index contributed by atoms with van der Waals surface area (Å²) in [5.74, 6) is -0.772. The molecule has 0 radical (unpaired) electrons. The van der Waals surface area contributed by atoms with E-state index in [-0.39, 0.29) is 17.8 Å². The molecule has 1 saturated heterocycles. The van der Waals surface area contributed by atoms with Crippen molar-refractivity contribution in [2.45, 2.75) is 63.9 Å². The summed E-state index contributed by atoms with van der Waals surface area (Å²) in [5, 5.41) is 0. The summed E-state index contributed by atoms with van der Waals surface area (Å²) in [5.41, 5.74) is 4.18. The third-order valence-corrected chi connectivity index (χ3v) is 7.70. The molecule has 3 aromatic carbocycles. The minimum absolute atomic E-state index is 0.0290. The van der Waals surface area contributed by atoms with Crippen LogP contribution in [-0.4, -0.2) is 6.61 Å². The van der Waals surface area contributed by atoms with Gasteiger partial charge in [0.05, 0.1) is 6.61 Å². The Bertz CT molecular complexity index is 1140. The highest BCUT2D eigenvalue weighted by molar-refractivity contribution is 5.65. The molecule has 1 aliphatic carbocycles. The molecule has 1 atom stereocenters. The molecule has 2 aliphatic rings. The smallest absolute Gasteiger partial charge is 0.162 e. The summed E-state index contributed by atoms with van der Waals surface area (Å²) >= 11 is 0. The highest BCUT2D eigenvalue weighted by Gasteiger charge is 2.26. The molecule has 1 unspecified atom stereocenters. The first-order valence-electron chi connectivity index (χ1n) is 12.5. The van der Waals surface area contributed by atoms with E-state index in [9.17, 15) is 13.2 Å². The number of halogens is 3. The number of epoxide rings is 1. The minimum Gasteiger partial charge on any atom is -0.368 e. The van der Waals surface area contributed by atoms with Crippen LogP contribution in [0.25, 0.3) is 11.1 Å². The van der Waals surface area contributed by atoms with Crippen LogP contribution in [0.1, 0.15) is 73.3 Å². The Labute approximate surface area is 200 Å². The van der Waals surface area contributed by atoms with Gasteiger partial charge in [-0.3, -0.25) is 0 Å². The lowest BCUT2D eigenvalue weighted by molar-refractivity contribution is 0.312. The largest absolute Gasteiger partial charge is 0.368 e. The van der Waals surface area contributed by atoms with Crippen molar-refractivity contribution in [3.63, 3.8) is 0 Å². The highest BCUT2D eigenvalue weighted by Crippen LogP contribution is 2.39. The van der Waals surface area contributed by atoms with Crippen molar-refractivity contribution in [1.82, 2.24) is 0 Å². The van der Waals surface area contributed by atoms with Crippen LogP contribution < -0.4 is 0 Å². The van der Waals surface area contributed by atoms with Crippen molar-refractivity contribution >= 4 is 0 Å². The maximum absolute atomic E-state index is 14.9. The van der Waals surface area contributed by atoms with Gasteiger partial charge in [-0.25, -0.2) is 13.2 Å². The molecule has 5 rings (SSSR count). The lowest BCUT2D eigenvalue weighted by Crippen LogP contribution is -2.14. The maximum Gasteiger partial charge on any atom is 0.162 e. The number of aryl methyl sites for hydroxylation is 2. The van der Waals surface area contributed by atoms with Gasteiger partial charge in [0, 0.05) is 5.56 Å². The maximum atomic E-state index is 14.9. The van der Waals surface area contributed by atoms with Gasteiger partial charge in [-0.1, -0.05) is 61.9 Å². The van der Waals surface area contributed by atoms with Gasteiger partial charge in [0.15, 0.2) is 11.6 Å². The highest BCUT2D eigenvalue weighted by atomic mass is 19.2. The second kappa shape index (κ2) is 9.95. The topological polar surface area (TPSA) is 12.5 Å². The quantitative estimate of drug-likeness (QED) is 0.320. The summed E-state index contributed by atoms with van der Waals surface area (Å²) in [7, 11) is 0. The van der Waals surface area contributed by atoms with Crippen molar-refractivity contribution in [1.29, 1.82) is 0 Å². The Morgan fingerprint density at radius 1 is 0.824 bits per heavy atom. The van der Waals surface area contributed by atoms with E-state index in [4.69, 9.17) is 4.74 Å². The Morgan fingerprint density at radius 3 is 2.21 bits per heavy atom. The summed E-state index contributed by atoms with van der Waals surface area (Å²) in [6.45, 7) is 2.86. The van der Waals surface area contributed by atoms with Crippen molar-refractivity contribution < 1.29 is 17.9 Å². The normalized spacial score (nSPS) is 22.1. The van der Waals surface area contributed by atoms with E-state index in [1.54, 1.807) is 18.2 Å². The molecular formula is C30H31F3O. The Morgan fingerprint density at radius 2 is 1.56 bits per heavy atom. The van der Waals surface area contributed by atoms with Crippen LogP contribution in [0.15, 0.2) is 54.6 Å². The standard InChI is InChI=1S/C30H31F3O/c1-2-19-3-8-22(9-4-19)26-16-13-23(29(32)30(26)33)12-7-20-5-10-21(11-6-20)25-15-14-24(17-27(25)31)28-18-34-28/h5-6,10-11,13-17,19,22,28H,2-4,7-9,12,18H2,1H3. The number of hydrogen-bond donors (Lipinski definition) is 0. The number of benzene rings is 3. The number of hydrogen-bond acceptors (Lipinski definition) is 1. The minimum atomic E-state index is -0.700. The summed E-state index contributed by atoms with van der Waals surface area (Å²) in [6, 6.07) is 16.4. The van der Waals surface area contributed by atoms with Gasteiger partial charge in [-0.2, -0.15) is 0 Å². The molecule has 0 N–H and O–H groups in total. The van der Waals surface area contributed by atoms with Gasteiger partial charge < -0.3 is 4.74 Å². The van der Waals surface area contributed by atoms with Gasteiger partial charge >= 0.3 is 0 Å². The molecule has 34 heavy (non-hydrogen) atoms. The molecule has 178 valence electrons. The molecule has 1 heterocycles. The van der Waals surface area contributed by atoms with Crippen molar-refractivity contribution in [2.24, 2.45) is 5.92 Å². The first kappa shape index (κ1) is 23.2. The van der Waals surface area contributed by atoms with Gasteiger partial charge in [0.25, 0.3) is 0 Å². The second-order valence-electron chi connectivity index (χ2n) is 9.83. The number of ether oxygens (including phenoxy) is 1. The molecule has 0 spiro atoms. The Balaban J connectivity index is 1.23. The average Bonchev–Trinajstić information content (AvgIpc) is 3.71. The van der Waals surface area contributed by atoms with E-state index >= 15 is 0 Å². The van der Waals surface area contributed by atoms with Crippen LogP contribution >= 0.6 is 0 Å². The van der Waals surface area contributed by atoms with Gasteiger partial charge in [0.1, 0.15) is 11.9 Å². The molecule has 0 aromatic heterocycles. The van der Waals surface area contributed by atoms with E-state index in [0.29, 0.717) is 36.1 Å². The predicted octanol–water partition coefficient (Wildman–Crippen LogP) is 8.31. The third kappa shape index (κ3) is 4.93. The van der Waals surface area contributed by atoms with Crippen molar-refractivity contribution in [3.05, 3.63) is 94.3 Å². The number of rotatable bonds is 7. The van der Waals surface area contributed by atoms with Gasteiger partial charge in [0.2, 0.25) is 0 Å². The van der Waals surface area contributed by atoms with Gasteiger partial charge in [-0.05, 0) is 84.2 Å². The SMILES string of the molecule is CCC1CCC(c2ccc(CCc3ccc(-c4ccc(C5CO5)cc4F)cc3)c(F)c2F)CC1. The molecule has 1 nitrogen and oxygen atoms in total. The molecule has 4 heteroatoms. The fourth-order valence-corrected chi connectivity index (χ4v) is 5.33. The molecule has 3 aromatic rings. The summed E-state index contributed by atoms with van der Waals surface area (Å²) in [4.78, 5) is 0. The Hall–Kier alpha value is -2.59. The zero-order valence-electron chi connectivity index (χ0n) is 19.6. The monoisotopic (exact) mass is 464 g/mol. The van der Waals surface area contributed by atoms with E-state index in [1.165, 1.54) is 12.5 Å². The first-order chi connectivity index (χ1) is 16.5. The molecule has 2 fully saturated rings. The van der Waals surface area contributed by atoms with Crippen LogP contribution in [-0.2, 0) is 17.6 Å². The van der Waals surface area contributed by atoms with Crippen LogP contribution in [0.2, 0.25) is 0 Å². The van der Waals surface area contributed by atoms with E-state index < -0.39 is 11.6 Å². The fourth-order valence-electron chi connectivity index (χ4n) is 5.33. The van der Waals surface area contributed by atoms with E-state index in [2.05, 4.69) is 6.92 Å². The van der Waals surface area contributed by atoms with Crippen molar-refractivity contribution in [3.8, 4) is 11.1 Å². The second-order valence-corrected chi connectivity index (χ2v) is 9.83. The molecule has 1 aliphatic heterocycles. The third-order valence-electron chi connectivity index (χ3n) is 7.70. The predicted molar refractivity (Wildman–Crippen MR) is 129 cm³/mol. The molecule has 0 amide bonds. The van der Waals surface area contributed by atoms with E-state index in [1.807, 2.05) is 30.3 Å². The van der Waals surface area contributed by atoms with Crippen LogP contribution in [0.3, 0.4) is 0 Å². The average molecular weight is 465 g/mol. The van der Waals surface area contributed by atoms with Crippen LogP contribution in [0.5, 0.6) is 0 Å². The lowest BCUT2D eigenvalue weighted by Gasteiger charge is -2.28. The van der Waals surface area contributed by atoms with Crippen LogP contribution in [0.4, 0.5) is 13.2 Å². The summed E-state index contributed by atoms with van der Waals surface area (Å²) < 4.78 is 49.5.